The third kappa shape index (κ3) is 4.56. The number of hydrogen-bond donors (Lipinski definition) is 1. The number of aryl methyl sites for hydroxylation is 1. The van der Waals surface area contributed by atoms with E-state index in [2.05, 4.69) is 0 Å². The average Bonchev–Trinajstić information content (AvgIpc) is 3.19. The normalized spacial score (nSPS) is 14.8. The van der Waals surface area contributed by atoms with Crippen molar-refractivity contribution in [1.29, 1.82) is 0 Å². The summed E-state index contributed by atoms with van der Waals surface area (Å²) in [5.41, 5.74) is 2.66. The second-order valence-corrected chi connectivity index (χ2v) is 9.34. The molecule has 7 nitrogen and oxygen atoms in total. The molecule has 0 saturated heterocycles. The number of amides is 1. The minimum Gasteiger partial charge on any atom is -0.493 e. The van der Waals surface area contributed by atoms with E-state index in [1.165, 1.54) is 7.11 Å². The number of nitrogens with zero attached hydrogens (tertiary/aromatic N) is 1. The predicted molar refractivity (Wildman–Crippen MR) is 141 cm³/mol. The molecule has 8 heteroatoms. The molecule has 1 aliphatic rings. The van der Waals surface area contributed by atoms with Crippen LogP contribution in [0.25, 0.3) is 11.0 Å². The quantitative estimate of drug-likeness (QED) is 0.341. The van der Waals surface area contributed by atoms with Crippen molar-refractivity contribution in [3.8, 4) is 11.5 Å². The van der Waals surface area contributed by atoms with Crippen LogP contribution in [0.4, 0.5) is 0 Å². The van der Waals surface area contributed by atoms with Crippen LogP contribution in [-0.4, -0.2) is 36.2 Å². The maximum Gasteiger partial charge on any atom is 0.290 e. The van der Waals surface area contributed by atoms with Gasteiger partial charge in [-0.15, -0.1) is 0 Å². The lowest BCUT2D eigenvalue weighted by atomic mass is 9.97. The molecule has 4 aromatic rings. The number of hydrogen-bond acceptors (Lipinski definition) is 6. The maximum absolute atomic E-state index is 13.7. The molecule has 1 aromatic heterocycles. The van der Waals surface area contributed by atoms with Gasteiger partial charge in [-0.25, -0.2) is 0 Å². The van der Waals surface area contributed by atoms with E-state index in [1.54, 1.807) is 36.1 Å². The van der Waals surface area contributed by atoms with Crippen molar-refractivity contribution >= 4 is 28.5 Å². The summed E-state index contributed by atoms with van der Waals surface area (Å²) in [5.74, 6) is 0.614. The lowest BCUT2D eigenvalue weighted by Gasteiger charge is -2.25. The van der Waals surface area contributed by atoms with Crippen LogP contribution in [0.3, 0.4) is 0 Å². The second-order valence-electron chi connectivity index (χ2n) is 8.93. The highest BCUT2D eigenvalue weighted by molar-refractivity contribution is 6.32. The molecule has 3 aromatic carbocycles. The summed E-state index contributed by atoms with van der Waals surface area (Å²) in [7, 11) is 1.54. The van der Waals surface area contributed by atoms with Gasteiger partial charge in [0.05, 0.1) is 24.1 Å². The third-order valence-electron chi connectivity index (χ3n) is 6.54. The van der Waals surface area contributed by atoms with Crippen molar-refractivity contribution in [3.05, 3.63) is 104 Å². The molecule has 1 N–H and O–H groups in total. The van der Waals surface area contributed by atoms with Gasteiger partial charge >= 0.3 is 0 Å². The first kappa shape index (κ1) is 24.9. The van der Waals surface area contributed by atoms with E-state index in [1.807, 2.05) is 36.4 Å². The van der Waals surface area contributed by atoms with E-state index in [0.717, 1.165) is 11.1 Å². The zero-order valence-electron chi connectivity index (χ0n) is 20.5. The Kier molecular flexibility index (Phi) is 6.91. The summed E-state index contributed by atoms with van der Waals surface area (Å²) in [6.07, 6.45) is 0.351. The maximum atomic E-state index is 13.7. The van der Waals surface area contributed by atoms with Crippen molar-refractivity contribution in [2.24, 2.45) is 0 Å². The van der Waals surface area contributed by atoms with E-state index >= 15 is 0 Å². The first-order valence-electron chi connectivity index (χ1n) is 12.0. The number of aliphatic hydroxyl groups is 1. The number of carbonyl (C=O) groups is 1. The van der Waals surface area contributed by atoms with Gasteiger partial charge in [0.2, 0.25) is 5.76 Å². The van der Waals surface area contributed by atoms with Crippen LogP contribution in [0.15, 0.2) is 69.9 Å². The summed E-state index contributed by atoms with van der Waals surface area (Å²) < 4.78 is 17.6. The van der Waals surface area contributed by atoms with Crippen molar-refractivity contribution in [2.45, 2.75) is 26.0 Å². The van der Waals surface area contributed by atoms with Crippen LogP contribution in [0, 0.1) is 6.92 Å². The van der Waals surface area contributed by atoms with Gasteiger partial charge in [-0.05, 0) is 54.3 Å². The van der Waals surface area contributed by atoms with Crippen molar-refractivity contribution in [2.75, 3.05) is 20.3 Å². The first-order chi connectivity index (χ1) is 17.9. The number of rotatable bonds is 8. The minimum atomic E-state index is -0.716. The molecule has 0 radical (unpaired) electrons. The summed E-state index contributed by atoms with van der Waals surface area (Å²) in [5, 5.41) is 10.2. The molecule has 0 saturated carbocycles. The Balaban J connectivity index is 1.60. The topological polar surface area (TPSA) is 89.2 Å². The highest BCUT2D eigenvalue weighted by Crippen LogP contribution is 2.41. The van der Waals surface area contributed by atoms with Gasteiger partial charge < -0.3 is 23.9 Å². The molecular weight excluding hydrogens is 494 g/mol. The Hall–Kier alpha value is -3.81. The zero-order valence-corrected chi connectivity index (χ0v) is 21.2. The summed E-state index contributed by atoms with van der Waals surface area (Å²) in [6.45, 7) is 2.31. The van der Waals surface area contributed by atoms with Gasteiger partial charge in [-0.2, -0.15) is 0 Å². The molecule has 37 heavy (non-hydrogen) atoms. The fourth-order valence-electron chi connectivity index (χ4n) is 4.67. The Bertz CT molecular complexity index is 1530. The minimum absolute atomic E-state index is 0.00512. The third-order valence-corrected chi connectivity index (χ3v) is 6.95. The van der Waals surface area contributed by atoms with E-state index in [0.29, 0.717) is 46.1 Å². The van der Waals surface area contributed by atoms with Crippen molar-refractivity contribution in [1.82, 2.24) is 4.90 Å². The highest BCUT2D eigenvalue weighted by Gasteiger charge is 2.42. The van der Waals surface area contributed by atoms with Crippen LogP contribution in [0.1, 0.15) is 45.3 Å². The molecule has 0 bridgehead atoms. The molecule has 0 aliphatic carbocycles. The molecule has 5 rings (SSSR count). The van der Waals surface area contributed by atoms with Gasteiger partial charge in [0.1, 0.15) is 12.2 Å². The average molecular weight is 520 g/mol. The SMILES string of the molecule is COc1cc(C2c3c(oc4cc(C)c(Cl)cc4c3=O)C(=O)N2CCCO)ccc1OCc1ccccc1. The van der Waals surface area contributed by atoms with E-state index in [9.17, 15) is 14.7 Å². The Morgan fingerprint density at radius 1 is 1.05 bits per heavy atom. The van der Waals surface area contributed by atoms with Crippen LogP contribution >= 0.6 is 11.6 Å². The zero-order chi connectivity index (χ0) is 26.1. The molecule has 1 aliphatic heterocycles. The van der Waals surface area contributed by atoms with E-state index < -0.39 is 11.9 Å². The Morgan fingerprint density at radius 3 is 2.57 bits per heavy atom. The highest BCUT2D eigenvalue weighted by atomic mass is 35.5. The van der Waals surface area contributed by atoms with Gasteiger partial charge in [0.15, 0.2) is 16.9 Å². The van der Waals surface area contributed by atoms with Crippen LogP contribution in [0.5, 0.6) is 11.5 Å². The molecule has 1 amide bonds. The largest absolute Gasteiger partial charge is 0.493 e. The number of benzene rings is 3. The van der Waals surface area contributed by atoms with Crippen LogP contribution in [-0.2, 0) is 6.61 Å². The molecule has 2 heterocycles. The number of fused-ring (bicyclic) bond motifs is 2. The molecular formula is C29H26ClNO6. The molecule has 0 spiro atoms. The fraction of sp³-hybridized carbons (Fsp3) is 0.241. The van der Waals surface area contributed by atoms with Gasteiger partial charge in [0.25, 0.3) is 5.91 Å². The fourth-order valence-corrected chi connectivity index (χ4v) is 4.83. The lowest BCUT2D eigenvalue weighted by molar-refractivity contribution is 0.0716. The van der Waals surface area contributed by atoms with Crippen molar-refractivity contribution in [3.63, 3.8) is 0 Å². The van der Waals surface area contributed by atoms with Crippen LogP contribution < -0.4 is 14.9 Å². The number of aliphatic hydroxyl groups excluding tert-OH is 1. The monoisotopic (exact) mass is 519 g/mol. The van der Waals surface area contributed by atoms with Gasteiger partial charge in [0, 0.05) is 18.2 Å². The number of halogens is 1. The molecule has 0 fully saturated rings. The van der Waals surface area contributed by atoms with Gasteiger partial charge in [-0.3, -0.25) is 9.59 Å². The second kappa shape index (κ2) is 10.3. The lowest BCUT2D eigenvalue weighted by Crippen LogP contribution is -2.31. The van der Waals surface area contributed by atoms with Crippen LogP contribution in [0.2, 0.25) is 5.02 Å². The predicted octanol–water partition coefficient (Wildman–Crippen LogP) is 5.27. The molecule has 1 atom stereocenters. The molecule has 190 valence electrons. The van der Waals surface area contributed by atoms with Crippen molar-refractivity contribution < 1.29 is 23.8 Å². The Morgan fingerprint density at radius 2 is 1.84 bits per heavy atom. The smallest absolute Gasteiger partial charge is 0.290 e. The number of ether oxygens (including phenoxy) is 2. The Labute approximate surface area is 218 Å². The van der Waals surface area contributed by atoms with E-state index in [4.69, 9.17) is 25.5 Å². The van der Waals surface area contributed by atoms with Gasteiger partial charge in [-0.1, -0.05) is 48.0 Å². The summed E-state index contributed by atoms with van der Waals surface area (Å²) >= 11 is 6.30. The van der Waals surface area contributed by atoms with E-state index in [-0.39, 0.29) is 29.9 Å². The summed E-state index contributed by atoms with van der Waals surface area (Å²) in [4.78, 5) is 28.7. The number of methoxy groups -OCH3 is 1. The molecule has 1 unspecified atom stereocenters. The first-order valence-corrected chi connectivity index (χ1v) is 12.3. The number of carbonyl (C=O) groups excluding carboxylic acids is 1. The summed E-state index contributed by atoms with van der Waals surface area (Å²) in [6, 6.07) is 17.7. The standard InChI is InChI=1S/C29H26ClNO6/c1-17-13-23-20(15-21(17)30)27(33)25-26(31(11-6-12-32)29(34)28(25)37-23)19-9-10-22(24(14-19)35-2)36-16-18-7-4-3-5-8-18/h3-5,7-10,13-15,26,32H,6,11-12,16H2,1-2H3.